The van der Waals surface area contributed by atoms with Gasteiger partial charge >= 0.3 is 5.97 Å². The highest BCUT2D eigenvalue weighted by Crippen LogP contribution is 2.20. The Morgan fingerprint density at radius 1 is 1.15 bits per heavy atom. The van der Waals surface area contributed by atoms with Crippen LogP contribution < -0.4 is 5.32 Å². The van der Waals surface area contributed by atoms with Gasteiger partial charge in [-0.2, -0.15) is 0 Å². The van der Waals surface area contributed by atoms with Gasteiger partial charge in [-0.25, -0.2) is 4.39 Å². The lowest BCUT2D eigenvalue weighted by atomic mass is 10.0. The zero-order valence-corrected chi connectivity index (χ0v) is 15.3. The molecular weight excluding hydrogens is 357 g/mol. The van der Waals surface area contributed by atoms with Crippen LogP contribution in [0.3, 0.4) is 0 Å². The molecule has 0 spiro atoms. The first-order valence-electron chi connectivity index (χ1n) is 8.44. The van der Waals surface area contributed by atoms with Crippen LogP contribution in [0.1, 0.15) is 36.9 Å². The highest BCUT2D eigenvalue weighted by molar-refractivity contribution is 6.31. The Morgan fingerprint density at radius 2 is 1.88 bits per heavy atom. The molecule has 138 valence electrons. The summed E-state index contributed by atoms with van der Waals surface area (Å²) in [6.07, 6.45) is 1.34. The van der Waals surface area contributed by atoms with E-state index in [4.69, 9.17) is 16.3 Å². The third-order valence-corrected chi connectivity index (χ3v) is 4.22. The van der Waals surface area contributed by atoms with Crippen LogP contribution >= 0.6 is 11.6 Å². The molecule has 2 aromatic rings. The average molecular weight is 378 g/mol. The average Bonchev–Trinajstić information content (AvgIpc) is 2.63. The fourth-order valence-electron chi connectivity index (χ4n) is 2.57. The van der Waals surface area contributed by atoms with Gasteiger partial charge in [0, 0.05) is 10.6 Å². The van der Waals surface area contributed by atoms with E-state index in [0.717, 1.165) is 18.4 Å². The van der Waals surface area contributed by atoms with E-state index in [1.54, 1.807) is 0 Å². The van der Waals surface area contributed by atoms with E-state index < -0.39 is 24.3 Å². The van der Waals surface area contributed by atoms with Crippen LogP contribution in [-0.2, 0) is 20.7 Å². The van der Waals surface area contributed by atoms with Crippen molar-refractivity contribution < 1.29 is 18.7 Å². The van der Waals surface area contributed by atoms with Gasteiger partial charge in [0.2, 0.25) is 0 Å². The Bertz CT molecular complexity index is 732. The van der Waals surface area contributed by atoms with Crippen molar-refractivity contribution in [2.24, 2.45) is 0 Å². The van der Waals surface area contributed by atoms with Gasteiger partial charge in [-0.3, -0.25) is 9.59 Å². The van der Waals surface area contributed by atoms with E-state index in [0.29, 0.717) is 0 Å². The molecule has 6 heteroatoms. The van der Waals surface area contributed by atoms with Gasteiger partial charge in [0.15, 0.2) is 6.61 Å². The monoisotopic (exact) mass is 377 g/mol. The lowest BCUT2D eigenvalue weighted by molar-refractivity contribution is -0.148. The van der Waals surface area contributed by atoms with Crippen LogP contribution in [-0.4, -0.2) is 18.5 Å². The highest BCUT2D eigenvalue weighted by atomic mass is 35.5. The first kappa shape index (κ1) is 19.9. The molecule has 2 rings (SSSR count). The van der Waals surface area contributed by atoms with Crippen molar-refractivity contribution in [3.05, 3.63) is 70.5 Å². The minimum absolute atomic E-state index is 0.0627. The predicted octanol–water partition coefficient (Wildman–Crippen LogP) is 4.22. The molecule has 4 nitrogen and oxygen atoms in total. The van der Waals surface area contributed by atoms with E-state index in [9.17, 15) is 14.0 Å². The number of hydrogen-bond donors (Lipinski definition) is 1. The second-order valence-corrected chi connectivity index (χ2v) is 6.26. The molecule has 1 amide bonds. The topological polar surface area (TPSA) is 55.4 Å². The van der Waals surface area contributed by atoms with Crippen molar-refractivity contribution in [1.82, 2.24) is 5.32 Å². The minimum atomic E-state index is -0.709. The molecule has 0 aliphatic rings. The van der Waals surface area contributed by atoms with Crippen molar-refractivity contribution in [2.75, 3.05) is 6.61 Å². The lowest BCUT2D eigenvalue weighted by Crippen LogP contribution is -2.32. The normalized spacial score (nSPS) is 11.7. The lowest BCUT2D eigenvalue weighted by Gasteiger charge is -2.18. The number of esters is 1. The number of carbonyl (C=O) groups is 2. The van der Waals surface area contributed by atoms with Crippen molar-refractivity contribution in [3.63, 3.8) is 0 Å². The first-order chi connectivity index (χ1) is 12.5. The molecule has 0 aromatic heterocycles. The zero-order valence-electron chi connectivity index (χ0n) is 14.5. The number of hydrogen-bond acceptors (Lipinski definition) is 3. The van der Waals surface area contributed by atoms with Crippen LogP contribution in [0.5, 0.6) is 0 Å². The molecular formula is C20H21ClFNO3. The number of rotatable bonds is 8. The Morgan fingerprint density at radius 3 is 2.54 bits per heavy atom. The number of amides is 1. The summed E-state index contributed by atoms with van der Waals surface area (Å²) in [7, 11) is 0. The molecule has 2 aromatic carbocycles. The van der Waals surface area contributed by atoms with E-state index in [1.807, 2.05) is 37.3 Å². The molecule has 0 saturated heterocycles. The summed E-state index contributed by atoms with van der Waals surface area (Å²) < 4.78 is 18.6. The molecule has 1 unspecified atom stereocenters. The van der Waals surface area contributed by atoms with Crippen LogP contribution in [0.4, 0.5) is 4.39 Å². The summed E-state index contributed by atoms with van der Waals surface area (Å²) in [5, 5.41) is 3.01. The second-order valence-electron chi connectivity index (χ2n) is 5.86. The van der Waals surface area contributed by atoms with Crippen molar-refractivity contribution in [1.29, 1.82) is 0 Å². The molecule has 0 heterocycles. The summed E-state index contributed by atoms with van der Waals surface area (Å²) in [4.78, 5) is 24.0. The molecule has 0 saturated carbocycles. The Hall–Kier alpha value is -2.40. The zero-order chi connectivity index (χ0) is 18.9. The number of carbonyl (C=O) groups excluding carboxylic acids is 2. The largest absolute Gasteiger partial charge is 0.455 e. The van der Waals surface area contributed by atoms with Crippen LogP contribution in [0.15, 0.2) is 48.5 Å². The SMILES string of the molecule is CCCC(NC(=O)COC(=O)Cc1c(F)cccc1Cl)c1ccccc1. The van der Waals surface area contributed by atoms with Gasteiger partial charge in [0.1, 0.15) is 5.82 Å². The Balaban J connectivity index is 1.88. The van der Waals surface area contributed by atoms with Gasteiger partial charge in [0.25, 0.3) is 5.91 Å². The number of halogens is 2. The van der Waals surface area contributed by atoms with Crippen molar-refractivity contribution in [3.8, 4) is 0 Å². The molecule has 0 aliphatic carbocycles. The maximum absolute atomic E-state index is 13.7. The fourth-order valence-corrected chi connectivity index (χ4v) is 2.80. The van der Waals surface area contributed by atoms with Gasteiger partial charge < -0.3 is 10.1 Å². The quantitative estimate of drug-likeness (QED) is 0.701. The summed E-state index contributed by atoms with van der Waals surface area (Å²) in [6, 6.07) is 13.6. The van der Waals surface area contributed by atoms with Gasteiger partial charge in [-0.05, 0) is 24.1 Å². The summed E-state index contributed by atoms with van der Waals surface area (Å²) in [5.41, 5.74) is 1.06. The Labute approximate surface area is 157 Å². The summed E-state index contributed by atoms with van der Waals surface area (Å²) in [6.45, 7) is 1.61. The van der Waals surface area contributed by atoms with Crippen LogP contribution in [0.2, 0.25) is 5.02 Å². The molecule has 0 aliphatic heterocycles. The number of nitrogens with one attached hydrogen (secondary N) is 1. The Kier molecular flexibility index (Phi) is 7.60. The smallest absolute Gasteiger partial charge is 0.310 e. The van der Waals surface area contributed by atoms with Gasteiger partial charge in [-0.15, -0.1) is 0 Å². The third kappa shape index (κ3) is 5.85. The number of ether oxygens (including phenoxy) is 1. The second kappa shape index (κ2) is 9.92. The van der Waals surface area contributed by atoms with E-state index >= 15 is 0 Å². The van der Waals surface area contributed by atoms with E-state index in [-0.39, 0.29) is 23.0 Å². The van der Waals surface area contributed by atoms with E-state index in [1.165, 1.54) is 18.2 Å². The molecule has 26 heavy (non-hydrogen) atoms. The highest BCUT2D eigenvalue weighted by Gasteiger charge is 2.17. The van der Waals surface area contributed by atoms with Crippen molar-refractivity contribution in [2.45, 2.75) is 32.2 Å². The van der Waals surface area contributed by atoms with Gasteiger partial charge in [0.05, 0.1) is 12.5 Å². The van der Waals surface area contributed by atoms with Crippen LogP contribution in [0.25, 0.3) is 0 Å². The maximum Gasteiger partial charge on any atom is 0.310 e. The summed E-state index contributed by atoms with van der Waals surface area (Å²) in [5.74, 6) is -1.69. The maximum atomic E-state index is 13.7. The standard InChI is InChI=1S/C20H21ClFNO3/c1-2-7-18(14-8-4-3-5-9-14)23-19(24)13-26-20(25)12-15-16(21)10-6-11-17(15)22/h3-6,8-11,18H,2,7,12-13H2,1H3,(H,23,24). The first-order valence-corrected chi connectivity index (χ1v) is 8.82. The summed E-state index contributed by atoms with van der Waals surface area (Å²) >= 11 is 5.88. The van der Waals surface area contributed by atoms with E-state index in [2.05, 4.69) is 5.32 Å². The minimum Gasteiger partial charge on any atom is -0.455 e. The number of benzene rings is 2. The molecule has 1 N–H and O–H groups in total. The predicted molar refractivity (Wildman–Crippen MR) is 98.3 cm³/mol. The molecule has 0 bridgehead atoms. The fraction of sp³-hybridized carbons (Fsp3) is 0.300. The third-order valence-electron chi connectivity index (χ3n) is 3.86. The van der Waals surface area contributed by atoms with Crippen LogP contribution in [0, 0.1) is 5.82 Å². The molecule has 0 fully saturated rings. The van der Waals surface area contributed by atoms with Crippen molar-refractivity contribution >= 4 is 23.5 Å². The van der Waals surface area contributed by atoms with Gasteiger partial charge in [-0.1, -0.05) is 61.3 Å². The molecule has 0 radical (unpaired) electrons. The molecule has 1 atom stereocenters.